The molecule has 2 aliphatic rings. The fourth-order valence-corrected chi connectivity index (χ4v) is 7.49. The zero-order valence-electron chi connectivity index (χ0n) is 25.0. The topological polar surface area (TPSA) is 118 Å². The Morgan fingerprint density at radius 3 is 2.17 bits per heavy atom. The number of carbonyl (C=O) groups is 2. The third-order valence-corrected chi connectivity index (χ3v) is 10.2. The first-order valence-electron chi connectivity index (χ1n) is 14.7. The largest absolute Gasteiger partial charge is 0.368 e. The van der Waals surface area contributed by atoms with Gasteiger partial charge in [0, 0.05) is 59.6 Å². The van der Waals surface area contributed by atoms with Gasteiger partial charge in [0.05, 0.1) is 29.1 Å². The molecular formula is C31H34Cl3F2N5O4S. The van der Waals surface area contributed by atoms with Gasteiger partial charge in [-0.25, -0.2) is 21.9 Å². The van der Waals surface area contributed by atoms with E-state index in [1.165, 1.54) is 4.90 Å². The van der Waals surface area contributed by atoms with E-state index in [0.717, 1.165) is 6.26 Å². The summed E-state index contributed by atoms with van der Waals surface area (Å²) in [5.74, 6) is -3.90. The summed E-state index contributed by atoms with van der Waals surface area (Å²) in [6.45, 7) is -0.111. The number of rotatable bonds is 10. The molecule has 248 valence electrons. The number of piperidine rings is 1. The van der Waals surface area contributed by atoms with Crippen LogP contribution in [-0.4, -0.2) is 85.0 Å². The normalized spacial score (nSPS) is 18.2. The molecule has 3 aromatic rings. The Morgan fingerprint density at radius 1 is 0.957 bits per heavy atom. The minimum atomic E-state index is -3.43. The molecule has 2 aliphatic heterocycles. The van der Waals surface area contributed by atoms with Gasteiger partial charge in [0.15, 0.2) is 0 Å². The van der Waals surface area contributed by atoms with Gasteiger partial charge in [-0.05, 0) is 74.2 Å². The van der Waals surface area contributed by atoms with Crippen LogP contribution in [0.15, 0.2) is 48.5 Å². The number of hydrogen-bond acceptors (Lipinski definition) is 5. The van der Waals surface area contributed by atoms with Crippen LogP contribution in [0, 0.1) is 0 Å². The molecule has 2 saturated heterocycles. The van der Waals surface area contributed by atoms with Crippen LogP contribution in [0.2, 0.25) is 15.1 Å². The summed E-state index contributed by atoms with van der Waals surface area (Å²) >= 11 is 19.1. The van der Waals surface area contributed by atoms with Gasteiger partial charge in [0.2, 0.25) is 15.9 Å². The minimum absolute atomic E-state index is 0.0463. The lowest BCUT2D eigenvalue weighted by molar-refractivity contribution is -0.133. The summed E-state index contributed by atoms with van der Waals surface area (Å²) in [5.41, 5.74) is 7.39. The number of primary amides is 1. The Labute approximate surface area is 281 Å². The molecule has 1 aromatic heterocycles. The average molecular weight is 717 g/mol. The number of halogens is 5. The molecule has 3 heterocycles. The highest BCUT2D eigenvalue weighted by atomic mass is 35.5. The second-order valence-corrected chi connectivity index (χ2v) is 14.9. The number of carbonyl (C=O) groups excluding carboxylic acids is 2. The summed E-state index contributed by atoms with van der Waals surface area (Å²) in [7, 11) is -3.43. The Hall–Kier alpha value is -2.74. The molecule has 0 aliphatic carbocycles. The maximum absolute atomic E-state index is 14.3. The Bertz CT molecular complexity index is 1740. The number of amides is 2. The van der Waals surface area contributed by atoms with Crippen molar-refractivity contribution in [1.82, 2.24) is 19.1 Å². The first-order valence-corrected chi connectivity index (χ1v) is 17.8. The van der Waals surface area contributed by atoms with Crippen LogP contribution in [-0.2, 0) is 21.2 Å². The predicted molar refractivity (Wildman–Crippen MR) is 176 cm³/mol. The standard InChI is InChI=1S/C31H34Cl3F2N5O4S/c1-46(44,45)38-13-2-3-26-24(28(42)39-14-10-30(11-15-39,29(37)43)40-16-12-31(35,36)19-40)18-27(23-9-6-21(33)17-25(23)34)41(26)22-7-4-20(32)5-8-22/h4-9,17-18,38H,2-3,10-16,19H2,1H3,(H2,37,43). The first-order chi connectivity index (χ1) is 21.6. The smallest absolute Gasteiger partial charge is 0.261 e. The predicted octanol–water partition coefficient (Wildman–Crippen LogP) is 5.39. The average Bonchev–Trinajstić information content (AvgIpc) is 3.55. The quantitative estimate of drug-likeness (QED) is 0.273. The molecule has 0 atom stereocenters. The fraction of sp³-hybridized carbons (Fsp3) is 0.419. The Kier molecular flexibility index (Phi) is 10.1. The van der Waals surface area contributed by atoms with Crippen LogP contribution in [0.25, 0.3) is 16.9 Å². The van der Waals surface area contributed by atoms with Gasteiger partial charge in [0.25, 0.3) is 11.8 Å². The molecular weight excluding hydrogens is 683 g/mol. The van der Waals surface area contributed by atoms with Gasteiger partial charge in [0.1, 0.15) is 5.54 Å². The molecule has 0 bridgehead atoms. The van der Waals surface area contributed by atoms with Crippen LogP contribution >= 0.6 is 34.8 Å². The van der Waals surface area contributed by atoms with E-state index in [0.29, 0.717) is 56.1 Å². The molecule has 15 heteroatoms. The van der Waals surface area contributed by atoms with Crippen molar-refractivity contribution < 1.29 is 26.8 Å². The fourth-order valence-electron chi connectivity index (χ4n) is 6.35. The molecule has 3 N–H and O–H groups in total. The zero-order valence-corrected chi connectivity index (χ0v) is 28.1. The molecule has 5 rings (SSSR count). The SMILES string of the molecule is CS(=O)(=O)NCCCc1c(C(=O)N2CCC(C(N)=O)(N3CCC(F)(F)C3)CC2)cc(-c2ccc(Cl)cc2Cl)n1-c1ccc(Cl)cc1. The number of nitrogens with two attached hydrogens (primary N) is 1. The maximum atomic E-state index is 14.3. The number of aromatic nitrogens is 1. The molecule has 2 amide bonds. The third kappa shape index (κ3) is 7.37. The van der Waals surface area contributed by atoms with E-state index in [9.17, 15) is 26.8 Å². The highest BCUT2D eigenvalue weighted by Gasteiger charge is 2.52. The van der Waals surface area contributed by atoms with E-state index in [1.54, 1.807) is 53.4 Å². The third-order valence-electron chi connectivity index (χ3n) is 8.69. The van der Waals surface area contributed by atoms with E-state index in [-0.39, 0.29) is 51.3 Å². The lowest BCUT2D eigenvalue weighted by atomic mass is 9.84. The number of sulfonamides is 1. The van der Waals surface area contributed by atoms with E-state index in [2.05, 4.69) is 4.72 Å². The van der Waals surface area contributed by atoms with Crippen molar-refractivity contribution in [2.24, 2.45) is 5.73 Å². The summed E-state index contributed by atoms with van der Waals surface area (Å²) in [6.07, 6.45) is 1.63. The number of alkyl halides is 2. The van der Waals surface area contributed by atoms with E-state index < -0.39 is 33.9 Å². The van der Waals surface area contributed by atoms with E-state index in [4.69, 9.17) is 40.5 Å². The number of hydrogen-bond donors (Lipinski definition) is 2. The molecule has 2 fully saturated rings. The molecule has 9 nitrogen and oxygen atoms in total. The van der Waals surface area contributed by atoms with Crippen LogP contribution in [0.4, 0.5) is 8.78 Å². The zero-order chi connectivity index (χ0) is 33.4. The van der Waals surface area contributed by atoms with E-state index in [1.807, 2.05) is 4.57 Å². The molecule has 0 saturated carbocycles. The van der Waals surface area contributed by atoms with Gasteiger partial charge in [-0.1, -0.05) is 34.8 Å². The van der Waals surface area contributed by atoms with Crippen molar-refractivity contribution in [1.29, 1.82) is 0 Å². The molecule has 0 unspecified atom stereocenters. The number of nitrogens with one attached hydrogen (secondary N) is 1. The second kappa shape index (κ2) is 13.4. The van der Waals surface area contributed by atoms with Crippen molar-refractivity contribution in [3.8, 4) is 16.9 Å². The van der Waals surface area contributed by atoms with E-state index >= 15 is 0 Å². The second-order valence-electron chi connectivity index (χ2n) is 11.8. The first kappa shape index (κ1) is 34.6. The van der Waals surface area contributed by atoms with Crippen molar-refractivity contribution in [3.63, 3.8) is 0 Å². The molecule has 46 heavy (non-hydrogen) atoms. The summed E-state index contributed by atoms with van der Waals surface area (Å²) in [5, 5.41) is 1.30. The lowest BCUT2D eigenvalue weighted by Gasteiger charge is -2.45. The van der Waals surface area contributed by atoms with Crippen LogP contribution < -0.4 is 10.5 Å². The summed E-state index contributed by atoms with van der Waals surface area (Å²) in [4.78, 5) is 30.1. The number of nitrogens with zero attached hydrogens (tertiary/aromatic N) is 3. The summed E-state index contributed by atoms with van der Waals surface area (Å²) in [6, 6.07) is 13.8. The molecule has 2 aromatic carbocycles. The summed E-state index contributed by atoms with van der Waals surface area (Å²) < 4.78 is 56.1. The highest BCUT2D eigenvalue weighted by molar-refractivity contribution is 7.88. The van der Waals surface area contributed by atoms with Crippen LogP contribution in [0.1, 0.15) is 41.7 Å². The minimum Gasteiger partial charge on any atom is -0.368 e. The van der Waals surface area contributed by atoms with Crippen molar-refractivity contribution in [2.45, 2.75) is 43.6 Å². The van der Waals surface area contributed by atoms with Gasteiger partial charge < -0.3 is 15.2 Å². The van der Waals surface area contributed by atoms with Gasteiger partial charge in [-0.15, -0.1) is 0 Å². The molecule has 0 spiro atoms. The number of likely N-dealkylation sites (tertiary alicyclic amines) is 2. The Balaban J connectivity index is 1.54. The maximum Gasteiger partial charge on any atom is 0.261 e. The van der Waals surface area contributed by atoms with Crippen LogP contribution in [0.3, 0.4) is 0 Å². The van der Waals surface area contributed by atoms with Gasteiger partial charge >= 0.3 is 0 Å². The Morgan fingerprint density at radius 2 is 1.61 bits per heavy atom. The van der Waals surface area contributed by atoms with Crippen LogP contribution in [0.5, 0.6) is 0 Å². The van der Waals surface area contributed by atoms with Crippen molar-refractivity contribution >= 4 is 56.6 Å². The van der Waals surface area contributed by atoms with Crippen molar-refractivity contribution in [3.05, 3.63) is 74.9 Å². The van der Waals surface area contributed by atoms with Crippen molar-refractivity contribution in [2.75, 3.05) is 39.0 Å². The number of benzene rings is 2. The molecule has 0 radical (unpaired) electrons. The monoisotopic (exact) mass is 715 g/mol. The van der Waals surface area contributed by atoms with Gasteiger partial charge in [-0.2, -0.15) is 0 Å². The highest BCUT2D eigenvalue weighted by Crippen LogP contribution is 2.39. The van der Waals surface area contributed by atoms with Gasteiger partial charge in [-0.3, -0.25) is 14.5 Å². The lowest BCUT2D eigenvalue weighted by Crippen LogP contribution is -2.62.